The summed E-state index contributed by atoms with van der Waals surface area (Å²) in [5.41, 5.74) is 8.55. The Labute approximate surface area is 124 Å². The van der Waals surface area contributed by atoms with E-state index in [1.165, 1.54) is 5.56 Å². The highest BCUT2D eigenvalue weighted by molar-refractivity contribution is 5.99. The number of ether oxygens (including phenoxy) is 1. The van der Waals surface area contributed by atoms with Crippen molar-refractivity contribution in [2.45, 2.75) is 19.8 Å². The van der Waals surface area contributed by atoms with Gasteiger partial charge in [0.2, 0.25) is 0 Å². The van der Waals surface area contributed by atoms with Gasteiger partial charge in [0.15, 0.2) is 5.84 Å². The van der Waals surface area contributed by atoms with Gasteiger partial charge < -0.3 is 15.7 Å². The summed E-state index contributed by atoms with van der Waals surface area (Å²) in [7, 11) is 0. The van der Waals surface area contributed by atoms with Crippen molar-refractivity contribution in [3.8, 4) is 5.75 Å². The van der Waals surface area contributed by atoms with E-state index in [9.17, 15) is 0 Å². The smallest absolute Gasteiger partial charge is 0.173 e. The maximum absolute atomic E-state index is 8.80. The van der Waals surface area contributed by atoms with E-state index in [-0.39, 0.29) is 5.84 Å². The lowest BCUT2D eigenvalue weighted by atomic mass is 10.1. The predicted molar refractivity (Wildman–Crippen MR) is 81.7 cm³/mol. The van der Waals surface area contributed by atoms with Crippen molar-refractivity contribution in [3.05, 3.63) is 59.4 Å². The first-order valence-corrected chi connectivity index (χ1v) is 6.81. The van der Waals surface area contributed by atoms with Crippen LogP contribution in [-0.4, -0.2) is 22.6 Å². The van der Waals surface area contributed by atoms with Gasteiger partial charge in [0.05, 0.1) is 12.2 Å². The molecule has 0 aliphatic rings. The van der Waals surface area contributed by atoms with E-state index in [1.807, 2.05) is 31.2 Å². The number of hydrogen-bond acceptors (Lipinski definition) is 4. The molecule has 0 atom stereocenters. The zero-order valence-electron chi connectivity index (χ0n) is 12.0. The fourth-order valence-electron chi connectivity index (χ4n) is 2.02. The number of amidine groups is 1. The van der Waals surface area contributed by atoms with Gasteiger partial charge >= 0.3 is 0 Å². The van der Waals surface area contributed by atoms with Crippen molar-refractivity contribution < 1.29 is 9.94 Å². The first-order chi connectivity index (χ1) is 10.2. The molecule has 5 heteroatoms. The first kappa shape index (κ1) is 14.8. The molecule has 1 heterocycles. The summed E-state index contributed by atoms with van der Waals surface area (Å²) in [5.74, 6) is 0.694. The molecule has 3 N–H and O–H groups in total. The van der Waals surface area contributed by atoms with Gasteiger partial charge in [0.25, 0.3) is 0 Å². The summed E-state index contributed by atoms with van der Waals surface area (Å²) in [5, 5.41) is 11.8. The van der Waals surface area contributed by atoms with Crippen molar-refractivity contribution in [1.82, 2.24) is 4.98 Å². The summed E-state index contributed by atoms with van der Waals surface area (Å²) in [6.07, 6.45) is 5.38. The molecule has 21 heavy (non-hydrogen) atoms. The normalized spacial score (nSPS) is 11.4. The summed E-state index contributed by atoms with van der Waals surface area (Å²) in [6.45, 7) is 2.54. The monoisotopic (exact) mass is 285 g/mol. The van der Waals surface area contributed by atoms with Crippen LogP contribution in [0.2, 0.25) is 0 Å². The number of rotatable bonds is 6. The minimum atomic E-state index is 0.0548. The van der Waals surface area contributed by atoms with Crippen molar-refractivity contribution in [2.75, 3.05) is 6.61 Å². The van der Waals surface area contributed by atoms with Gasteiger partial charge in [-0.05, 0) is 55.2 Å². The number of oxime groups is 1. The zero-order valence-corrected chi connectivity index (χ0v) is 12.0. The Kier molecular flexibility index (Phi) is 5.15. The first-order valence-electron chi connectivity index (χ1n) is 6.81. The molecule has 0 fully saturated rings. The lowest BCUT2D eigenvalue weighted by molar-refractivity contribution is 0.307. The SMILES string of the molecule is Cc1ccc(C(N)=NO)c(OCCCc2ccncc2)c1. The fourth-order valence-corrected chi connectivity index (χ4v) is 2.02. The van der Waals surface area contributed by atoms with Gasteiger partial charge in [-0.15, -0.1) is 0 Å². The van der Waals surface area contributed by atoms with Crippen LogP contribution < -0.4 is 10.5 Å². The number of hydrogen-bond donors (Lipinski definition) is 2. The maximum Gasteiger partial charge on any atom is 0.173 e. The van der Waals surface area contributed by atoms with Gasteiger partial charge in [0.1, 0.15) is 5.75 Å². The van der Waals surface area contributed by atoms with E-state index >= 15 is 0 Å². The summed E-state index contributed by atoms with van der Waals surface area (Å²) < 4.78 is 5.78. The van der Waals surface area contributed by atoms with Crippen molar-refractivity contribution in [2.24, 2.45) is 10.9 Å². The second kappa shape index (κ2) is 7.28. The molecular weight excluding hydrogens is 266 g/mol. The van der Waals surface area contributed by atoms with Crippen LogP contribution in [-0.2, 0) is 6.42 Å². The summed E-state index contributed by atoms with van der Waals surface area (Å²) in [6, 6.07) is 9.57. The minimum Gasteiger partial charge on any atom is -0.493 e. The predicted octanol–water partition coefficient (Wildman–Crippen LogP) is 2.50. The number of nitrogens with two attached hydrogens (primary N) is 1. The van der Waals surface area contributed by atoms with E-state index in [1.54, 1.807) is 18.5 Å². The molecule has 0 aliphatic carbocycles. The molecule has 2 aromatic rings. The molecular formula is C16H19N3O2. The number of aryl methyl sites for hydroxylation is 2. The second-order valence-corrected chi connectivity index (χ2v) is 4.79. The van der Waals surface area contributed by atoms with Crippen LogP contribution in [0.15, 0.2) is 47.9 Å². The average Bonchev–Trinajstić information content (AvgIpc) is 2.52. The van der Waals surface area contributed by atoms with Crippen LogP contribution in [0.25, 0.3) is 0 Å². The van der Waals surface area contributed by atoms with Crippen molar-refractivity contribution in [3.63, 3.8) is 0 Å². The highest BCUT2D eigenvalue weighted by Gasteiger charge is 2.08. The van der Waals surface area contributed by atoms with E-state index in [0.29, 0.717) is 17.9 Å². The van der Waals surface area contributed by atoms with Gasteiger partial charge in [0, 0.05) is 12.4 Å². The average molecular weight is 285 g/mol. The molecule has 5 nitrogen and oxygen atoms in total. The van der Waals surface area contributed by atoms with E-state index in [2.05, 4.69) is 10.1 Å². The number of benzene rings is 1. The van der Waals surface area contributed by atoms with Crippen molar-refractivity contribution >= 4 is 5.84 Å². The van der Waals surface area contributed by atoms with E-state index < -0.39 is 0 Å². The van der Waals surface area contributed by atoms with Gasteiger partial charge in [-0.25, -0.2) is 0 Å². The molecule has 0 unspecified atom stereocenters. The maximum atomic E-state index is 8.80. The third kappa shape index (κ3) is 4.21. The van der Waals surface area contributed by atoms with Gasteiger partial charge in [-0.1, -0.05) is 11.2 Å². The molecule has 0 aliphatic heterocycles. The molecule has 0 radical (unpaired) electrons. The lowest BCUT2D eigenvalue weighted by Gasteiger charge is -2.11. The largest absolute Gasteiger partial charge is 0.493 e. The van der Waals surface area contributed by atoms with Gasteiger partial charge in [-0.3, -0.25) is 4.98 Å². The molecule has 0 spiro atoms. The van der Waals surface area contributed by atoms with E-state index in [4.69, 9.17) is 15.7 Å². The Balaban J connectivity index is 1.95. The highest BCUT2D eigenvalue weighted by Crippen LogP contribution is 2.20. The Bertz CT molecular complexity index is 612. The molecule has 1 aromatic heterocycles. The number of nitrogens with zero attached hydrogens (tertiary/aromatic N) is 2. The summed E-state index contributed by atoms with van der Waals surface area (Å²) in [4.78, 5) is 3.99. The van der Waals surface area contributed by atoms with Gasteiger partial charge in [-0.2, -0.15) is 0 Å². The van der Waals surface area contributed by atoms with Crippen molar-refractivity contribution in [1.29, 1.82) is 0 Å². The number of aromatic nitrogens is 1. The Morgan fingerprint density at radius 2 is 2.05 bits per heavy atom. The molecule has 2 rings (SSSR count). The van der Waals surface area contributed by atoms with Crippen LogP contribution in [0.3, 0.4) is 0 Å². The Morgan fingerprint density at radius 3 is 2.76 bits per heavy atom. The van der Waals surface area contributed by atoms with E-state index in [0.717, 1.165) is 18.4 Å². The molecule has 0 amide bonds. The van der Waals surface area contributed by atoms with Crippen LogP contribution in [0, 0.1) is 6.92 Å². The van der Waals surface area contributed by atoms with Crippen LogP contribution in [0.4, 0.5) is 0 Å². The standard InChI is InChI=1S/C16H19N3O2/c1-12-4-5-14(16(17)19-20)15(11-12)21-10-2-3-13-6-8-18-9-7-13/h4-9,11,20H,2-3,10H2,1H3,(H2,17,19). The zero-order chi connectivity index (χ0) is 15.1. The highest BCUT2D eigenvalue weighted by atomic mass is 16.5. The second-order valence-electron chi connectivity index (χ2n) is 4.79. The lowest BCUT2D eigenvalue weighted by Crippen LogP contribution is -2.15. The number of pyridine rings is 1. The summed E-state index contributed by atoms with van der Waals surface area (Å²) >= 11 is 0. The molecule has 0 saturated heterocycles. The third-order valence-corrected chi connectivity index (χ3v) is 3.14. The molecule has 0 bridgehead atoms. The Morgan fingerprint density at radius 1 is 1.29 bits per heavy atom. The fraction of sp³-hybridized carbons (Fsp3) is 0.250. The third-order valence-electron chi connectivity index (χ3n) is 3.14. The quantitative estimate of drug-likeness (QED) is 0.281. The minimum absolute atomic E-state index is 0.0548. The molecule has 110 valence electrons. The van der Waals surface area contributed by atoms with Crippen LogP contribution in [0.1, 0.15) is 23.1 Å². The Hall–Kier alpha value is -2.56. The molecule has 1 aromatic carbocycles. The van der Waals surface area contributed by atoms with Crippen LogP contribution >= 0.6 is 0 Å². The molecule has 0 saturated carbocycles. The van der Waals surface area contributed by atoms with Crippen LogP contribution in [0.5, 0.6) is 5.75 Å². The topological polar surface area (TPSA) is 80.7 Å².